The van der Waals surface area contributed by atoms with E-state index < -0.39 is 11.7 Å². The molecule has 2 rings (SSSR count). The first-order chi connectivity index (χ1) is 11.4. The molecule has 1 saturated heterocycles. The molecule has 2 heterocycles. The van der Waals surface area contributed by atoms with E-state index in [9.17, 15) is 18.0 Å². The van der Waals surface area contributed by atoms with E-state index in [2.05, 4.69) is 17.2 Å². The second-order valence-electron chi connectivity index (χ2n) is 5.87. The van der Waals surface area contributed by atoms with Crippen LogP contribution in [0.15, 0.2) is 18.3 Å². The number of aromatic nitrogens is 1. The lowest BCUT2D eigenvalue weighted by Crippen LogP contribution is -2.49. The van der Waals surface area contributed by atoms with E-state index in [-0.39, 0.29) is 5.91 Å². The molecule has 5 nitrogen and oxygen atoms in total. The first kappa shape index (κ1) is 18.5. The maximum Gasteiger partial charge on any atom is 0.417 e. The van der Waals surface area contributed by atoms with Crippen LogP contribution in [-0.4, -0.2) is 55.1 Å². The van der Waals surface area contributed by atoms with Crippen molar-refractivity contribution in [1.29, 1.82) is 0 Å². The number of amides is 1. The molecule has 1 aliphatic heterocycles. The summed E-state index contributed by atoms with van der Waals surface area (Å²) in [5.41, 5.74) is -0.742. The molecule has 0 spiro atoms. The summed E-state index contributed by atoms with van der Waals surface area (Å²) in [6.45, 7) is 5.78. The second kappa shape index (κ2) is 8.32. The first-order valence-corrected chi connectivity index (χ1v) is 8.17. The maximum atomic E-state index is 12.5. The van der Waals surface area contributed by atoms with Crippen molar-refractivity contribution in [2.24, 2.45) is 0 Å². The quantitative estimate of drug-likeness (QED) is 0.804. The molecular formula is C16H23F3N4O. The smallest absolute Gasteiger partial charge is 0.355 e. The lowest BCUT2D eigenvalue weighted by Gasteiger charge is -2.35. The minimum atomic E-state index is -4.37. The van der Waals surface area contributed by atoms with E-state index in [0.29, 0.717) is 45.1 Å². The third-order valence-electron chi connectivity index (χ3n) is 3.99. The highest BCUT2D eigenvalue weighted by Gasteiger charge is 2.31. The summed E-state index contributed by atoms with van der Waals surface area (Å²) in [5.74, 6) is 0.555. The zero-order valence-corrected chi connectivity index (χ0v) is 13.8. The lowest BCUT2D eigenvalue weighted by molar-refractivity contribution is -0.137. The van der Waals surface area contributed by atoms with Crippen LogP contribution in [0.3, 0.4) is 0 Å². The normalized spacial score (nSPS) is 16.2. The van der Waals surface area contributed by atoms with Gasteiger partial charge in [0.25, 0.3) is 0 Å². The molecule has 0 aliphatic carbocycles. The number of pyridine rings is 1. The number of nitrogens with one attached hydrogen (secondary N) is 1. The number of carbonyl (C=O) groups excluding carboxylic acids is 1. The Balaban J connectivity index is 1.79. The summed E-state index contributed by atoms with van der Waals surface area (Å²) in [6, 6.07) is 2.45. The highest BCUT2D eigenvalue weighted by atomic mass is 19.4. The Morgan fingerprint density at radius 3 is 2.50 bits per heavy atom. The zero-order chi connectivity index (χ0) is 17.6. The van der Waals surface area contributed by atoms with E-state index in [1.54, 1.807) is 0 Å². The van der Waals surface area contributed by atoms with Gasteiger partial charge in [-0.05, 0) is 18.6 Å². The molecule has 0 bridgehead atoms. The fraction of sp³-hybridized carbons (Fsp3) is 0.625. The van der Waals surface area contributed by atoms with Crippen molar-refractivity contribution in [3.05, 3.63) is 23.9 Å². The van der Waals surface area contributed by atoms with Gasteiger partial charge in [0.05, 0.1) is 12.1 Å². The predicted octanol–water partition coefficient (Wildman–Crippen LogP) is 2.14. The Morgan fingerprint density at radius 1 is 1.25 bits per heavy atom. The minimum absolute atomic E-state index is 0.0181. The highest BCUT2D eigenvalue weighted by molar-refractivity contribution is 5.78. The molecule has 1 aromatic rings. The number of alkyl halides is 3. The number of unbranched alkanes of at least 4 members (excludes halogenated alkanes) is 1. The van der Waals surface area contributed by atoms with E-state index in [1.807, 2.05) is 9.80 Å². The van der Waals surface area contributed by atoms with E-state index in [1.165, 1.54) is 6.07 Å². The standard InChI is InChI=1S/C16H23F3N4O/c1-2-3-6-20-15(24)12-22-7-9-23(10-8-22)14-5-4-13(11-21-14)16(17,18)19/h4-5,11H,2-3,6-10,12H2,1H3,(H,20,24). The van der Waals surface area contributed by atoms with Gasteiger partial charge in [0.15, 0.2) is 0 Å². The number of hydrogen-bond donors (Lipinski definition) is 1. The Morgan fingerprint density at radius 2 is 1.96 bits per heavy atom. The second-order valence-corrected chi connectivity index (χ2v) is 5.87. The van der Waals surface area contributed by atoms with E-state index >= 15 is 0 Å². The van der Waals surface area contributed by atoms with Crippen LogP contribution in [0.25, 0.3) is 0 Å². The van der Waals surface area contributed by atoms with Crippen LogP contribution in [0.5, 0.6) is 0 Å². The number of carbonyl (C=O) groups is 1. The highest BCUT2D eigenvalue weighted by Crippen LogP contribution is 2.29. The molecule has 1 N–H and O–H groups in total. The van der Waals surface area contributed by atoms with Gasteiger partial charge >= 0.3 is 6.18 Å². The average Bonchev–Trinajstić information content (AvgIpc) is 2.55. The van der Waals surface area contributed by atoms with Crippen LogP contribution >= 0.6 is 0 Å². The molecule has 1 amide bonds. The number of rotatable bonds is 6. The topological polar surface area (TPSA) is 48.5 Å². The van der Waals surface area contributed by atoms with Crippen LogP contribution in [0, 0.1) is 0 Å². The van der Waals surface area contributed by atoms with Gasteiger partial charge in [-0.25, -0.2) is 4.98 Å². The van der Waals surface area contributed by atoms with Crippen LogP contribution in [-0.2, 0) is 11.0 Å². The average molecular weight is 344 g/mol. The van der Waals surface area contributed by atoms with Gasteiger partial charge in [-0.3, -0.25) is 9.69 Å². The van der Waals surface area contributed by atoms with Crippen molar-refractivity contribution in [3.8, 4) is 0 Å². The Labute approximate surface area is 139 Å². The van der Waals surface area contributed by atoms with Crippen molar-refractivity contribution in [2.45, 2.75) is 25.9 Å². The summed E-state index contributed by atoms with van der Waals surface area (Å²) < 4.78 is 37.6. The third kappa shape index (κ3) is 5.36. The SMILES string of the molecule is CCCCNC(=O)CN1CCN(c2ccc(C(F)(F)F)cn2)CC1. The zero-order valence-electron chi connectivity index (χ0n) is 13.8. The number of anilines is 1. The number of nitrogens with zero attached hydrogens (tertiary/aromatic N) is 3. The molecular weight excluding hydrogens is 321 g/mol. The van der Waals surface area contributed by atoms with Gasteiger partial charge in [-0.2, -0.15) is 13.2 Å². The molecule has 1 aromatic heterocycles. The Bertz CT molecular complexity index is 525. The summed E-state index contributed by atoms with van der Waals surface area (Å²) in [6.07, 6.45) is -1.49. The van der Waals surface area contributed by atoms with Gasteiger partial charge in [0, 0.05) is 38.9 Å². The third-order valence-corrected chi connectivity index (χ3v) is 3.99. The van der Waals surface area contributed by atoms with Crippen LogP contribution in [0.4, 0.5) is 19.0 Å². The monoisotopic (exact) mass is 344 g/mol. The van der Waals surface area contributed by atoms with Crippen molar-refractivity contribution in [2.75, 3.05) is 44.2 Å². The van der Waals surface area contributed by atoms with Crippen LogP contribution in [0.2, 0.25) is 0 Å². The first-order valence-electron chi connectivity index (χ1n) is 8.17. The van der Waals surface area contributed by atoms with E-state index in [4.69, 9.17) is 0 Å². The van der Waals surface area contributed by atoms with Gasteiger partial charge in [-0.15, -0.1) is 0 Å². The fourth-order valence-electron chi connectivity index (χ4n) is 2.54. The summed E-state index contributed by atoms with van der Waals surface area (Å²) in [5, 5.41) is 2.88. The van der Waals surface area contributed by atoms with Gasteiger partial charge in [0.2, 0.25) is 5.91 Å². The molecule has 0 aromatic carbocycles. The van der Waals surface area contributed by atoms with Gasteiger partial charge in [-0.1, -0.05) is 13.3 Å². The Kier molecular flexibility index (Phi) is 6.42. The molecule has 1 fully saturated rings. The molecule has 8 heteroatoms. The lowest BCUT2D eigenvalue weighted by atomic mass is 10.2. The number of piperazine rings is 1. The van der Waals surface area contributed by atoms with E-state index in [0.717, 1.165) is 25.1 Å². The van der Waals surface area contributed by atoms with Gasteiger partial charge in [0.1, 0.15) is 5.82 Å². The molecule has 0 radical (unpaired) electrons. The minimum Gasteiger partial charge on any atom is -0.355 e. The predicted molar refractivity (Wildman–Crippen MR) is 85.8 cm³/mol. The number of halogens is 3. The Hall–Kier alpha value is -1.83. The largest absolute Gasteiger partial charge is 0.417 e. The fourth-order valence-corrected chi connectivity index (χ4v) is 2.54. The molecule has 1 aliphatic rings. The van der Waals surface area contributed by atoms with Crippen molar-refractivity contribution < 1.29 is 18.0 Å². The van der Waals surface area contributed by atoms with Crippen molar-refractivity contribution in [1.82, 2.24) is 15.2 Å². The van der Waals surface area contributed by atoms with Crippen LogP contribution < -0.4 is 10.2 Å². The molecule has 0 unspecified atom stereocenters. The molecule has 0 saturated carbocycles. The summed E-state index contributed by atoms with van der Waals surface area (Å²) in [7, 11) is 0. The number of hydrogen-bond acceptors (Lipinski definition) is 4. The van der Waals surface area contributed by atoms with Crippen molar-refractivity contribution in [3.63, 3.8) is 0 Å². The molecule has 134 valence electrons. The molecule has 0 atom stereocenters. The maximum absolute atomic E-state index is 12.5. The summed E-state index contributed by atoms with van der Waals surface area (Å²) >= 11 is 0. The van der Waals surface area contributed by atoms with Crippen LogP contribution in [0.1, 0.15) is 25.3 Å². The van der Waals surface area contributed by atoms with Crippen molar-refractivity contribution >= 4 is 11.7 Å². The summed E-state index contributed by atoms with van der Waals surface area (Å²) in [4.78, 5) is 19.7. The molecule has 24 heavy (non-hydrogen) atoms. The van der Waals surface area contributed by atoms with Gasteiger partial charge < -0.3 is 10.2 Å².